The molecule has 0 radical (unpaired) electrons. The molecule has 1 atom stereocenters. The zero-order valence-corrected chi connectivity index (χ0v) is 12.0. The molecule has 1 fully saturated rings. The molecule has 20 heavy (non-hydrogen) atoms. The Morgan fingerprint density at radius 3 is 2.30 bits per heavy atom. The first-order chi connectivity index (χ1) is 9.27. The molecule has 0 saturated carbocycles. The summed E-state index contributed by atoms with van der Waals surface area (Å²) in [5, 5.41) is 11.3. The second kappa shape index (κ2) is 6.58. The predicted molar refractivity (Wildman–Crippen MR) is 73.0 cm³/mol. The number of carboxylic acids is 1. The summed E-state index contributed by atoms with van der Waals surface area (Å²) in [6.45, 7) is 5.51. The molecule has 114 valence electrons. The smallest absolute Gasteiger partial charge is 0.326 e. The van der Waals surface area contributed by atoms with E-state index in [9.17, 15) is 14.4 Å². The molecule has 7 heteroatoms. The first-order valence-electron chi connectivity index (χ1n) is 6.84. The van der Waals surface area contributed by atoms with E-state index in [1.165, 1.54) is 0 Å². The first kappa shape index (κ1) is 16.3. The molecule has 0 bridgehead atoms. The van der Waals surface area contributed by atoms with Crippen molar-refractivity contribution >= 4 is 17.9 Å². The van der Waals surface area contributed by atoms with Crippen LogP contribution in [0.1, 0.15) is 39.5 Å². The van der Waals surface area contributed by atoms with Crippen LogP contribution in [0.15, 0.2) is 0 Å². The summed E-state index contributed by atoms with van der Waals surface area (Å²) in [6.07, 6.45) is 2.44. The van der Waals surface area contributed by atoms with E-state index in [-0.39, 0.29) is 5.41 Å². The number of likely N-dealkylation sites (tertiary alicyclic amines) is 1. The van der Waals surface area contributed by atoms with Gasteiger partial charge in [0, 0.05) is 13.1 Å². The minimum atomic E-state index is -1.26. The quantitative estimate of drug-likeness (QED) is 0.684. The van der Waals surface area contributed by atoms with Gasteiger partial charge in [-0.1, -0.05) is 20.3 Å². The fraction of sp³-hybridized carbons (Fsp3) is 0.769. The molecular weight excluding hydrogens is 262 g/mol. The van der Waals surface area contributed by atoms with E-state index in [1.807, 2.05) is 0 Å². The summed E-state index contributed by atoms with van der Waals surface area (Å²) < 4.78 is 0. The van der Waals surface area contributed by atoms with Gasteiger partial charge in [0.1, 0.15) is 6.04 Å². The van der Waals surface area contributed by atoms with E-state index in [2.05, 4.69) is 19.2 Å². The second-order valence-electron chi connectivity index (χ2n) is 5.66. The number of nitrogens with zero attached hydrogens (tertiary/aromatic N) is 1. The first-order valence-corrected chi connectivity index (χ1v) is 6.84. The Bertz CT molecular complexity index is 389. The van der Waals surface area contributed by atoms with Gasteiger partial charge in [0.25, 0.3) is 0 Å². The number of nitrogens with two attached hydrogens (primary N) is 1. The molecule has 1 rings (SSSR count). The number of primary amides is 1. The standard InChI is InChI=1S/C13H23N3O4/c1-3-13(2)4-6-16(7-5-13)12(20)15-9(11(18)19)8-10(14)17/h9H,3-8H2,1-2H3,(H2,14,17)(H,15,20)(H,18,19). The zero-order valence-electron chi connectivity index (χ0n) is 12.0. The van der Waals surface area contributed by atoms with Crippen LogP contribution >= 0.6 is 0 Å². The predicted octanol–water partition coefficient (Wildman–Crippen LogP) is 0.537. The summed E-state index contributed by atoms with van der Waals surface area (Å²) in [4.78, 5) is 35.3. The maximum atomic E-state index is 12.0. The van der Waals surface area contributed by atoms with Crippen molar-refractivity contribution in [2.75, 3.05) is 13.1 Å². The third-order valence-corrected chi connectivity index (χ3v) is 4.11. The maximum Gasteiger partial charge on any atom is 0.326 e. The number of carbonyl (C=O) groups is 3. The number of hydrogen-bond donors (Lipinski definition) is 3. The molecule has 0 aromatic heterocycles. The number of amides is 3. The lowest BCUT2D eigenvalue weighted by Crippen LogP contribution is -2.52. The van der Waals surface area contributed by atoms with E-state index in [0.29, 0.717) is 13.1 Å². The monoisotopic (exact) mass is 285 g/mol. The fourth-order valence-corrected chi connectivity index (χ4v) is 2.24. The van der Waals surface area contributed by atoms with Crippen molar-refractivity contribution in [2.24, 2.45) is 11.1 Å². The molecule has 1 aliphatic rings. The highest BCUT2D eigenvalue weighted by Gasteiger charge is 2.32. The van der Waals surface area contributed by atoms with Gasteiger partial charge < -0.3 is 21.1 Å². The van der Waals surface area contributed by atoms with Crippen LogP contribution in [0.4, 0.5) is 4.79 Å². The SMILES string of the molecule is CCC1(C)CCN(C(=O)NC(CC(N)=O)C(=O)O)CC1. The third-order valence-electron chi connectivity index (χ3n) is 4.11. The van der Waals surface area contributed by atoms with Crippen molar-refractivity contribution in [1.29, 1.82) is 0 Å². The maximum absolute atomic E-state index is 12.0. The van der Waals surface area contributed by atoms with Crippen molar-refractivity contribution < 1.29 is 19.5 Å². The van der Waals surface area contributed by atoms with Crippen LogP contribution in [-0.2, 0) is 9.59 Å². The lowest BCUT2D eigenvalue weighted by molar-refractivity contribution is -0.141. The van der Waals surface area contributed by atoms with Gasteiger partial charge in [-0.05, 0) is 18.3 Å². The molecule has 0 aromatic rings. The number of rotatable bonds is 5. The fourth-order valence-electron chi connectivity index (χ4n) is 2.24. The Morgan fingerprint density at radius 1 is 1.35 bits per heavy atom. The average Bonchev–Trinajstić information content (AvgIpc) is 2.38. The molecule has 0 aliphatic carbocycles. The van der Waals surface area contributed by atoms with Crippen molar-refractivity contribution in [3.05, 3.63) is 0 Å². The molecule has 1 unspecified atom stereocenters. The van der Waals surface area contributed by atoms with Gasteiger partial charge in [-0.25, -0.2) is 9.59 Å². The topological polar surface area (TPSA) is 113 Å². The number of urea groups is 1. The van der Waals surface area contributed by atoms with Crippen molar-refractivity contribution in [3.8, 4) is 0 Å². The Balaban J connectivity index is 2.54. The lowest BCUT2D eigenvalue weighted by atomic mass is 9.78. The number of carboxylic acid groups (broad SMARTS) is 1. The summed E-state index contributed by atoms with van der Waals surface area (Å²) in [5.41, 5.74) is 5.22. The average molecular weight is 285 g/mol. The van der Waals surface area contributed by atoms with Crippen LogP contribution < -0.4 is 11.1 Å². The Morgan fingerprint density at radius 2 is 1.90 bits per heavy atom. The van der Waals surface area contributed by atoms with Gasteiger partial charge >= 0.3 is 12.0 Å². The van der Waals surface area contributed by atoms with Gasteiger partial charge in [-0.3, -0.25) is 4.79 Å². The molecule has 1 saturated heterocycles. The minimum absolute atomic E-state index is 0.246. The normalized spacial score (nSPS) is 19.2. The Hall–Kier alpha value is -1.79. The van der Waals surface area contributed by atoms with Crippen LogP contribution in [0.3, 0.4) is 0 Å². The van der Waals surface area contributed by atoms with Crippen molar-refractivity contribution in [3.63, 3.8) is 0 Å². The molecule has 1 aliphatic heterocycles. The number of carbonyl (C=O) groups excluding carboxylic acids is 2. The van der Waals surface area contributed by atoms with Crippen LogP contribution in [0.2, 0.25) is 0 Å². The summed E-state index contributed by atoms with van der Waals surface area (Å²) in [7, 11) is 0. The highest BCUT2D eigenvalue weighted by atomic mass is 16.4. The Kier molecular flexibility index (Phi) is 5.35. The molecule has 0 spiro atoms. The number of aliphatic carboxylic acids is 1. The van der Waals surface area contributed by atoms with E-state index in [1.54, 1.807) is 4.90 Å². The van der Waals surface area contributed by atoms with E-state index in [0.717, 1.165) is 19.3 Å². The zero-order chi connectivity index (χ0) is 15.3. The van der Waals surface area contributed by atoms with Gasteiger partial charge in [-0.15, -0.1) is 0 Å². The van der Waals surface area contributed by atoms with Gasteiger partial charge in [0.2, 0.25) is 5.91 Å². The van der Waals surface area contributed by atoms with Crippen molar-refractivity contribution in [1.82, 2.24) is 10.2 Å². The molecule has 3 amide bonds. The molecule has 1 heterocycles. The highest BCUT2D eigenvalue weighted by molar-refractivity contribution is 5.87. The van der Waals surface area contributed by atoms with Crippen LogP contribution in [0.25, 0.3) is 0 Å². The molecular formula is C13H23N3O4. The lowest BCUT2D eigenvalue weighted by Gasteiger charge is -2.39. The molecule has 7 nitrogen and oxygen atoms in total. The van der Waals surface area contributed by atoms with Gasteiger partial charge in [0.05, 0.1) is 6.42 Å². The van der Waals surface area contributed by atoms with E-state index < -0.39 is 30.4 Å². The molecule has 4 N–H and O–H groups in total. The summed E-state index contributed by atoms with van der Waals surface area (Å²) in [5.74, 6) is -2.01. The number of piperidine rings is 1. The largest absolute Gasteiger partial charge is 0.480 e. The van der Waals surface area contributed by atoms with E-state index >= 15 is 0 Å². The van der Waals surface area contributed by atoms with Crippen molar-refractivity contribution in [2.45, 2.75) is 45.6 Å². The van der Waals surface area contributed by atoms with Crippen LogP contribution in [-0.4, -0.2) is 47.0 Å². The molecule has 0 aromatic carbocycles. The highest BCUT2D eigenvalue weighted by Crippen LogP contribution is 2.33. The van der Waals surface area contributed by atoms with Crippen LogP contribution in [0.5, 0.6) is 0 Å². The summed E-state index contributed by atoms with van der Waals surface area (Å²) in [6, 6.07) is -1.71. The van der Waals surface area contributed by atoms with Crippen LogP contribution in [0, 0.1) is 5.41 Å². The van der Waals surface area contributed by atoms with Gasteiger partial charge in [0.15, 0.2) is 0 Å². The Labute approximate surface area is 118 Å². The third kappa shape index (κ3) is 4.40. The number of hydrogen-bond acceptors (Lipinski definition) is 3. The summed E-state index contributed by atoms with van der Waals surface area (Å²) >= 11 is 0. The van der Waals surface area contributed by atoms with E-state index in [4.69, 9.17) is 10.8 Å². The van der Waals surface area contributed by atoms with Gasteiger partial charge in [-0.2, -0.15) is 0 Å². The number of nitrogens with one attached hydrogen (secondary N) is 1. The second-order valence-corrected chi connectivity index (χ2v) is 5.66. The minimum Gasteiger partial charge on any atom is -0.480 e.